The third-order valence-electron chi connectivity index (χ3n) is 4.22. The fourth-order valence-corrected chi connectivity index (χ4v) is 3.20. The zero-order valence-corrected chi connectivity index (χ0v) is 10.9. The van der Waals surface area contributed by atoms with Crippen molar-refractivity contribution >= 4 is 5.69 Å². The molecule has 2 aliphatic rings. The Balaban J connectivity index is 1.84. The number of nitrogens with one attached hydrogen (secondary N) is 1. The number of ether oxygens (including phenoxy) is 1. The maximum absolute atomic E-state index is 10.3. The highest BCUT2D eigenvalue weighted by molar-refractivity contribution is 5.60. The zero-order valence-electron chi connectivity index (χ0n) is 10.9. The van der Waals surface area contributed by atoms with Crippen LogP contribution in [-0.4, -0.2) is 30.5 Å². The lowest BCUT2D eigenvalue weighted by atomic mass is 9.84. The lowest BCUT2D eigenvalue weighted by Crippen LogP contribution is -2.47. The summed E-state index contributed by atoms with van der Waals surface area (Å²) < 4.78 is 5.55. The summed E-state index contributed by atoms with van der Waals surface area (Å²) in [6, 6.07) is 6.43. The summed E-state index contributed by atoms with van der Waals surface area (Å²) in [5.41, 5.74) is 3.72. The van der Waals surface area contributed by atoms with Crippen LogP contribution in [0.25, 0.3) is 0 Å². The summed E-state index contributed by atoms with van der Waals surface area (Å²) in [4.78, 5) is 0. The molecular formula is C15H21NO2. The normalized spacial score (nSPS) is 31.6. The Hall–Kier alpha value is -1.06. The van der Waals surface area contributed by atoms with Crippen LogP contribution in [0.1, 0.15) is 24.0 Å². The van der Waals surface area contributed by atoms with Crippen LogP contribution in [0.2, 0.25) is 0 Å². The number of hydrogen-bond acceptors (Lipinski definition) is 3. The Morgan fingerprint density at radius 3 is 3.06 bits per heavy atom. The molecular weight excluding hydrogens is 226 g/mol. The van der Waals surface area contributed by atoms with E-state index in [2.05, 4.69) is 30.4 Å². The second kappa shape index (κ2) is 4.90. The van der Waals surface area contributed by atoms with Crippen molar-refractivity contribution in [3.8, 4) is 0 Å². The molecule has 1 aromatic carbocycles. The number of aliphatic hydroxyl groups excluding tert-OH is 1. The van der Waals surface area contributed by atoms with Crippen LogP contribution in [0.3, 0.4) is 0 Å². The molecule has 18 heavy (non-hydrogen) atoms. The first kappa shape index (κ1) is 12.0. The number of fused-ring (bicyclic) bond motifs is 1. The van der Waals surface area contributed by atoms with Gasteiger partial charge in [-0.05, 0) is 30.9 Å². The minimum atomic E-state index is -0.300. The first-order valence-corrected chi connectivity index (χ1v) is 6.86. The minimum absolute atomic E-state index is 0.138. The average molecular weight is 247 g/mol. The zero-order chi connectivity index (χ0) is 12.5. The summed E-state index contributed by atoms with van der Waals surface area (Å²) in [6.07, 6.45) is 2.71. The summed E-state index contributed by atoms with van der Waals surface area (Å²) >= 11 is 0. The quantitative estimate of drug-likeness (QED) is 0.798. The lowest BCUT2D eigenvalue weighted by molar-refractivity contribution is 0.0198. The van der Waals surface area contributed by atoms with E-state index in [0.717, 1.165) is 32.5 Å². The molecule has 2 aliphatic heterocycles. The Bertz CT molecular complexity index is 427. The van der Waals surface area contributed by atoms with Gasteiger partial charge in [-0.25, -0.2) is 0 Å². The molecule has 1 saturated heterocycles. The largest absolute Gasteiger partial charge is 0.391 e. The van der Waals surface area contributed by atoms with Gasteiger partial charge in [-0.2, -0.15) is 0 Å². The second-order valence-electron chi connectivity index (χ2n) is 5.53. The molecule has 0 aromatic heterocycles. The lowest BCUT2D eigenvalue weighted by Gasteiger charge is -2.39. The molecule has 1 aromatic rings. The molecule has 1 fully saturated rings. The summed E-state index contributed by atoms with van der Waals surface area (Å²) in [5.74, 6) is 0.432. The van der Waals surface area contributed by atoms with Gasteiger partial charge >= 0.3 is 0 Å². The van der Waals surface area contributed by atoms with Gasteiger partial charge in [0.2, 0.25) is 0 Å². The van der Waals surface area contributed by atoms with Crippen molar-refractivity contribution in [2.45, 2.75) is 38.3 Å². The van der Waals surface area contributed by atoms with E-state index in [-0.39, 0.29) is 12.1 Å². The molecule has 3 nitrogen and oxygen atoms in total. The van der Waals surface area contributed by atoms with E-state index >= 15 is 0 Å². The fraction of sp³-hybridized carbons (Fsp3) is 0.600. The Labute approximate surface area is 108 Å². The molecule has 2 heterocycles. The van der Waals surface area contributed by atoms with E-state index in [0.29, 0.717) is 5.92 Å². The van der Waals surface area contributed by atoms with E-state index in [1.807, 2.05) is 0 Å². The molecule has 3 atom stereocenters. The SMILES string of the molecule is Cc1cccc2c1NC(C1CCCOC1)C(O)C2. The first-order valence-electron chi connectivity index (χ1n) is 6.86. The van der Waals surface area contributed by atoms with Crippen molar-refractivity contribution in [1.82, 2.24) is 0 Å². The predicted octanol–water partition coefficient (Wildman–Crippen LogP) is 2.12. The highest BCUT2D eigenvalue weighted by Crippen LogP contribution is 2.32. The van der Waals surface area contributed by atoms with Crippen molar-refractivity contribution < 1.29 is 9.84 Å². The number of para-hydroxylation sites is 1. The number of anilines is 1. The number of benzene rings is 1. The first-order chi connectivity index (χ1) is 8.75. The van der Waals surface area contributed by atoms with Crippen LogP contribution in [0.15, 0.2) is 18.2 Å². The minimum Gasteiger partial charge on any atom is -0.391 e. The van der Waals surface area contributed by atoms with Gasteiger partial charge in [0.05, 0.1) is 18.8 Å². The van der Waals surface area contributed by atoms with Crippen molar-refractivity contribution in [1.29, 1.82) is 0 Å². The van der Waals surface area contributed by atoms with Gasteiger partial charge in [0.25, 0.3) is 0 Å². The molecule has 2 N–H and O–H groups in total. The summed E-state index contributed by atoms with van der Waals surface area (Å²) in [6.45, 7) is 3.77. The van der Waals surface area contributed by atoms with Crippen LogP contribution < -0.4 is 5.32 Å². The Kier molecular flexibility index (Phi) is 3.27. The standard InChI is InChI=1S/C15H21NO2/c1-10-4-2-5-11-8-13(17)15(16-14(10)11)12-6-3-7-18-9-12/h2,4-5,12-13,15-17H,3,6-9H2,1H3. The maximum Gasteiger partial charge on any atom is 0.0785 e. The van der Waals surface area contributed by atoms with Gasteiger partial charge in [0.15, 0.2) is 0 Å². The van der Waals surface area contributed by atoms with Crippen molar-refractivity contribution in [3.63, 3.8) is 0 Å². The summed E-state index contributed by atoms with van der Waals surface area (Å²) in [7, 11) is 0. The van der Waals surface area contributed by atoms with Crippen LogP contribution in [-0.2, 0) is 11.2 Å². The third-order valence-corrected chi connectivity index (χ3v) is 4.22. The summed E-state index contributed by atoms with van der Waals surface area (Å²) in [5, 5.41) is 13.9. The van der Waals surface area contributed by atoms with Crippen LogP contribution >= 0.6 is 0 Å². The highest BCUT2D eigenvalue weighted by Gasteiger charge is 2.34. The van der Waals surface area contributed by atoms with Crippen molar-refractivity contribution in [3.05, 3.63) is 29.3 Å². The number of aliphatic hydroxyl groups is 1. The van der Waals surface area contributed by atoms with E-state index in [4.69, 9.17) is 4.74 Å². The topological polar surface area (TPSA) is 41.5 Å². The Morgan fingerprint density at radius 2 is 2.28 bits per heavy atom. The van der Waals surface area contributed by atoms with Gasteiger partial charge in [-0.1, -0.05) is 18.2 Å². The second-order valence-corrected chi connectivity index (χ2v) is 5.53. The number of rotatable bonds is 1. The monoisotopic (exact) mass is 247 g/mol. The molecule has 0 saturated carbocycles. The third kappa shape index (κ3) is 2.13. The van der Waals surface area contributed by atoms with Gasteiger partial charge in [-0.15, -0.1) is 0 Å². The van der Waals surface area contributed by atoms with Gasteiger partial charge < -0.3 is 15.2 Å². The molecule has 98 valence electrons. The van der Waals surface area contributed by atoms with Gasteiger partial charge in [0, 0.05) is 24.6 Å². The van der Waals surface area contributed by atoms with Crippen LogP contribution in [0, 0.1) is 12.8 Å². The molecule has 3 heteroatoms. The van der Waals surface area contributed by atoms with Crippen LogP contribution in [0.4, 0.5) is 5.69 Å². The average Bonchev–Trinajstić information content (AvgIpc) is 2.39. The molecule has 0 amide bonds. The maximum atomic E-state index is 10.3. The number of hydrogen-bond donors (Lipinski definition) is 2. The molecule has 0 radical (unpaired) electrons. The van der Waals surface area contributed by atoms with Crippen molar-refractivity contribution in [2.75, 3.05) is 18.5 Å². The van der Waals surface area contributed by atoms with Crippen LogP contribution in [0.5, 0.6) is 0 Å². The van der Waals surface area contributed by atoms with Gasteiger partial charge in [0.1, 0.15) is 0 Å². The fourth-order valence-electron chi connectivity index (χ4n) is 3.20. The van der Waals surface area contributed by atoms with E-state index in [1.54, 1.807) is 0 Å². The van der Waals surface area contributed by atoms with Crippen molar-refractivity contribution in [2.24, 2.45) is 5.92 Å². The number of aryl methyl sites for hydroxylation is 1. The Morgan fingerprint density at radius 1 is 1.39 bits per heavy atom. The van der Waals surface area contributed by atoms with Gasteiger partial charge in [-0.3, -0.25) is 0 Å². The molecule has 3 rings (SSSR count). The predicted molar refractivity (Wildman–Crippen MR) is 71.8 cm³/mol. The molecule has 3 unspecified atom stereocenters. The molecule has 0 spiro atoms. The van der Waals surface area contributed by atoms with E-state index < -0.39 is 0 Å². The smallest absolute Gasteiger partial charge is 0.0785 e. The molecule has 0 aliphatic carbocycles. The highest BCUT2D eigenvalue weighted by atomic mass is 16.5. The van der Waals surface area contributed by atoms with E-state index in [1.165, 1.54) is 16.8 Å². The van der Waals surface area contributed by atoms with E-state index in [9.17, 15) is 5.11 Å². The molecule has 0 bridgehead atoms.